The molecule has 2 rings (SSSR count). The summed E-state index contributed by atoms with van der Waals surface area (Å²) in [7, 11) is 0. The van der Waals surface area contributed by atoms with Crippen molar-refractivity contribution in [2.75, 3.05) is 6.61 Å². The van der Waals surface area contributed by atoms with E-state index in [2.05, 4.69) is 0 Å². The molecule has 1 aliphatic rings. The van der Waals surface area contributed by atoms with E-state index in [0.717, 1.165) is 0 Å². The number of rotatable bonds is 3. The maximum Gasteiger partial charge on any atom is 0.338 e. The van der Waals surface area contributed by atoms with Crippen molar-refractivity contribution in [1.82, 2.24) is 0 Å². The zero-order chi connectivity index (χ0) is 17.1. The number of nitriles is 1. The molecule has 5 nitrogen and oxygen atoms in total. The second kappa shape index (κ2) is 6.95. The molecule has 0 aromatic heterocycles. The molecule has 0 fully saturated rings. The monoisotopic (exact) mass is 352 g/mol. The molecular formula is C16H14Cl2N2O3. The number of esters is 1. The Labute approximate surface area is 143 Å². The van der Waals surface area contributed by atoms with Crippen molar-refractivity contribution >= 4 is 29.2 Å². The lowest BCUT2D eigenvalue weighted by molar-refractivity contribution is -0.139. The molecule has 2 N–H and O–H groups in total. The quantitative estimate of drug-likeness (QED) is 0.839. The maximum atomic E-state index is 12.3. The van der Waals surface area contributed by atoms with Gasteiger partial charge in [-0.2, -0.15) is 5.26 Å². The third-order valence-corrected chi connectivity index (χ3v) is 4.12. The first kappa shape index (κ1) is 17.2. The van der Waals surface area contributed by atoms with Gasteiger partial charge in [0.05, 0.1) is 28.1 Å². The van der Waals surface area contributed by atoms with Gasteiger partial charge in [0.2, 0.25) is 5.88 Å². The van der Waals surface area contributed by atoms with Crippen LogP contribution in [0.25, 0.3) is 0 Å². The standard InChI is InChI=1S/C16H14Cl2N2O3/c1-3-22-16(21)13-8(2)23-15(20)10(7-19)14(13)9-4-5-11(17)12(18)6-9/h4-6,14H,3,20H2,1-2H3. The molecule has 0 aliphatic carbocycles. The van der Waals surface area contributed by atoms with E-state index in [0.29, 0.717) is 15.6 Å². The minimum atomic E-state index is -0.720. The van der Waals surface area contributed by atoms with Crippen molar-refractivity contribution in [1.29, 1.82) is 5.26 Å². The molecule has 1 aromatic rings. The number of carbonyl (C=O) groups is 1. The molecule has 1 aliphatic heterocycles. The molecule has 0 bridgehead atoms. The Morgan fingerprint density at radius 3 is 2.70 bits per heavy atom. The van der Waals surface area contributed by atoms with Crippen LogP contribution in [0.1, 0.15) is 25.3 Å². The van der Waals surface area contributed by atoms with Crippen LogP contribution in [0, 0.1) is 11.3 Å². The third-order valence-electron chi connectivity index (χ3n) is 3.38. The lowest BCUT2D eigenvalue weighted by atomic mass is 9.83. The van der Waals surface area contributed by atoms with Gasteiger partial charge in [0.1, 0.15) is 17.4 Å². The van der Waals surface area contributed by atoms with Crippen LogP contribution in [0.15, 0.2) is 41.0 Å². The minimum absolute atomic E-state index is 0.0471. The van der Waals surface area contributed by atoms with E-state index in [1.807, 2.05) is 6.07 Å². The highest BCUT2D eigenvalue weighted by molar-refractivity contribution is 6.42. The predicted molar refractivity (Wildman–Crippen MR) is 86.4 cm³/mol. The molecule has 0 saturated heterocycles. The average Bonchev–Trinajstić information content (AvgIpc) is 2.49. The van der Waals surface area contributed by atoms with E-state index in [4.69, 9.17) is 38.4 Å². The van der Waals surface area contributed by atoms with Crippen molar-refractivity contribution in [3.8, 4) is 6.07 Å². The number of nitrogens with two attached hydrogens (primary N) is 1. The summed E-state index contributed by atoms with van der Waals surface area (Å²) in [6.07, 6.45) is 0. The van der Waals surface area contributed by atoms with E-state index in [9.17, 15) is 10.1 Å². The lowest BCUT2D eigenvalue weighted by Crippen LogP contribution is -2.25. The van der Waals surface area contributed by atoms with Crippen LogP contribution < -0.4 is 5.73 Å². The average molecular weight is 353 g/mol. The lowest BCUT2D eigenvalue weighted by Gasteiger charge is -2.27. The SMILES string of the molecule is CCOC(=O)C1=C(C)OC(N)=C(C#N)C1c1ccc(Cl)c(Cl)c1. The van der Waals surface area contributed by atoms with Gasteiger partial charge in [-0.05, 0) is 31.5 Å². The number of nitrogens with zero attached hydrogens (tertiary/aromatic N) is 1. The molecule has 0 spiro atoms. The van der Waals surface area contributed by atoms with Crippen LogP contribution in [0.4, 0.5) is 0 Å². The summed E-state index contributed by atoms with van der Waals surface area (Å²) in [5, 5.41) is 10.1. The fraction of sp³-hybridized carbons (Fsp3) is 0.250. The fourth-order valence-corrected chi connectivity index (χ4v) is 2.69. The topological polar surface area (TPSA) is 85.3 Å². The first-order valence-corrected chi connectivity index (χ1v) is 7.56. The normalized spacial score (nSPS) is 17.6. The second-order valence-corrected chi connectivity index (χ2v) is 5.60. The first-order valence-electron chi connectivity index (χ1n) is 6.81. The van der Waals surface area contributed by atoms with Crippen LogP contribution >= 0.6 is 23.2 Å². The molecule has 0 amide bonds. The smallest absolute Gasteiger partial charge is 0.338 e. The van der Waals surface area contributed by atoms with Crippen LogP contribution in [0.2, 0.25) is 10.0 Å². The number of halogens is 2. The number of carbonyl (C=O) groups excluding carboxylic acids is 1. The molecule has 0 radical (unpaired) electrons. The first-order chi connectivity index (χ1) is 10.9. The summed E-state index contributed by atoms with van der Waals surface area (Å²) in [5.41, 5.74) is 6.74. The summed E-state index contributed by atoms with van der Waals surface area (Å²) >= 11 is 12.0. The van der Waals surface area contributed by atoms with E-state index >= 15 is 0 Å². The zero-order valence-electron chi connectivity index (χ0n) is 12.5. The molecule has 120 valence electrons. The van der Waals surface area contributed by atoms with Gasteiger partial charge in [-0.3, -0.25) is 0 Å². The molecule has 7 heteroatoms. The van der Waals surface area contributed by atoms with E-state index in [1.54, 1.807) is 32.0 Å². The van der Waals surface area contributed by atoms with Crippen molar-refractivity contribution in [3.63, 3.8) is 0 Å². The number of hydrogen-bond donors (Lipinski definition) is 1. The largest absolute Gasteiger partial charge is 0.463 e. The van der Waals surface area contributed by atoms with Gasteiger partial charge >= 0.3 is 5.97 Å². The van der Waals surface area contributed by atoms with Gasteiger partial charge in [0.25, 0.3) is 0 Å². The summed E-state index contributed by atoms with van der Waals surface area (Å²) < 4.78 is 10.4. The molecule has 23 heavy (non-hydrogen) atoms. The molecule has 0 saturated carbocycles. The van der Waals surface area contributed by atoms with Crippen LogP contribution in [0.3, 0.4) is 0 Å². The molecule has 1 aromatic carbocycles. The third kappa shape index (κ3) is 3.29. The van der Waals surface area contributed by atoms with Crippen molar-refractivity contribution in [2.45, 2.75) is 19.8 Å². The molecular weight excluding hydrogens is 339 g/mol. The highest BCUT2D eigenvalue weighted by atomic mass is 35.5. The van der Waals surface area contributed by atoms with Crippen molar-refractivity contribution in [3.05, 3.63) is 56.6 Å². The van der Waals surface area contributed by atoms with Gasteiger partial charge in [-0.15, -0.1) is 0 Å². The Kier molecular flexibility index (Phi) is 5.19. The molecule has 1 unspecified atom stereocenters. The Hall–Kier alpha value is -2.16. The number of allylic oxidation sites excluding steroid dienone is 2. The van der Waals surface area contributed by atoms with Crippen LogP contribution in [-0.4, -0.2) is 12.6 Å². The second-order valence-electron chi connectivity index (χ2n) is 4.79. The van der Waals surface area contributed by atoms with Gasteiger partial charge in [-0.25, -0.2) is 4.79 Å². The zero-order valence-corrected chi connectivity index (χ0v) is 14.0. The number of ether oxygens (including phenoxy) is 2. The van der Waals surface area contributed by atoms with E-state index in [-0.39, 0.29) is 29.4 Å². The van der Waals surface area contributed by atoms with Crippen LogP contribution in [0.5, 0.6) is 0 Å². The Bertz CT molecular complexity index is 763. The number of benzene rings is 1. The minimum Gasteiger partial charge on any atom is -0.463 e. The predicted octanol–water partition coefficient (Wildman–Crippen LogP) is 3.64. The Morgan fingerprint density at radius 1 is 1.43 bits per heavy atom. The summed E-state index contributed by atoms with van der Waals surface area (Å²) in [4.78, 5) is 12.3. The fourth-order valence-electron chi connectivity index (χ4n) is 2.38. The van der Waals surface area contributed by atoms with Gasteiger partial charge < -0.3 is 15.2 Å². The highest BCUT2D eigenvalue weighted by Crippen LogP contribution is 2.41. The van der Waals surface area contributed by atoms with Gasteiger partial charge in [0.15, 0.2) is 0 Å². The maximum absolute atomic E-state index is 12.3. The van der Waals surface area contributed by atoms with Crippen LogP contribution in [-0.2, 0) is 14.3 Å². The molecule has 1 atom stereocenters. The summed E-state index contributed by atoms with van der Waals surface area (Å²) in [6, 6.07) is 6.87. The van der Waals surface area contributed by atoms with E-state index < -0.39 is 11.9 Å². The Balaban J connectivity index is 2.64. The van der Waals surface area contributed by atoms with E-state index in [1.165, 1.54) is 0 Å². The summed E-state index contributed by atoms with van der Waals surface area (Å²) in [5.74, 6) is -1.05. The van der Waals surface area contributed by atoms with Gasteiger partial charge in [-0.1, -0.05) is 29.3 Å². The highest BCUT2D eigenvalue weighted by Gasteiger charge is 2.36. The van der Waals surface area contributed by atoms with Crippen molar-refractivity contribution < 1.29 is 14.3 Å². The molecule has 1 heterocycles. The van der Waals surface area contributed by atoms with Crippen molar-refractivity contribution in [2.24, 2.45) is 5.73 Å². The Morgan fingerprint density at radius 2 is 2.13 bits per heavy atom. The number of hydrogen-bond acceptors (Lipinski definition) is 5. The van der Waals surface area contributed by atoms with Gasteiger partial charge in [0, 0.05) is 0 Å². The summed E-state index contributed by atoms with van der Waals surface area (Å²) in [6.45, 7) is 3.49.